The van der Waals surface area contributed by atoms with Crippen LogP contribution in [0, 0.1) is 0 Å². The van der Waals surface area contributed by atoms with Crippen LogP contribution in [0.4, 0.5) is 0 Å². The monoisotopic (exact) mass is 531 g/mol. The van der Waals surface area contributed by atoms with Gasteiger partial charge in [0.05, 0.1) is 24.1 Å². The number of hydrogen-bond acceptors (Lipinski definition) is 5. The molecule has 200 valence electrons. The molecule has 0 radical (unpaired) electrons. The van der Waals surface area contributed by atoms with E-state index in [2.05, 4.69) is 12.1 Å². The molecular weight excluding hydrogens is 502 g/mol. The van der Waals surface area contributed by atoms with E-state index in [4.69, 9.17) is 19.2 Å². The van der Waals surface area contributed by atoms with Gasteiger partial charge in [-0.15, -0.1) is 0 Å². The first-order valence-electron chi connectivity index (χ1n) is 12.9. The van der Waals surface area contributed by atoms with E-state index in [1.54, 1.807) is 19.2 Å². The highest BCUT2D eigenvalue weighted by Gasteiger charge is 2.17. The minimum atomic E-state index is -1.07. The molecule has 5 aromatic rings. The van der Waals surface area contributed by atoms with Crippen molar-refractivity contribution in [1.29, 1.82) is 0 Å². The average Bonchev–Trinajstić information content (AvgIpc) is 3.00. The first-order valence-corrected chi connectivity index (χ1v) is 12.9. The fraction of sp³-hybridized carbons (Fsp3) is 0.118. The van der Waals surface area contributed by atoms with E-state index in [9.17, 15) is 9.90 Å². The molecule has 0 aliphatic rings. The zero-order valence-electron chi connectivity index (χ0n) is 22.1. The van der Waals surface area contributed by atoms with E-state index < -0.39 is 5.97 Å². The summed E-state index contributed by atoms with van der Waals surface area (Å²) in [6.45, 7) is 0.376. The molecule has 4 aromatic carbocycles. The molecule has 0 saturated carbocycles. The molecule has 0 atom stereocenters. The topological polar surface area (TPSA) is 77.9 Å². The van der Waals surface area contributed by atoms with Crippen LogP contribution in [-0.4, -0.2) is 23.2 Å². The van der Waals surface area contributed by atoms with Crippen LogP contribution in [-0.2, 0) is 19.6 Å². The van der Waals surface area contributed by atoms with Crippen LogP contribution in [0.5, 0.6) is 17.2 Å². The molecular formula is C34H29NO5. The third-order valence-corrected chi connectivity index (χ3v) is 6.45. The third kappa shape index (κ3) is 6.66. The van der Waals surface area contributed by atoms with Gasteiger partial charge in [0.25, 0.3) is 0 Å². The summed E-state index contributed by atoms with van der Waals surface area (Å²) in [5, 5.41) is 9.81. The average molecular weight is 532 g/mol. The van der Waals surface area contributed by atoms with Crippen LogP contribution in [0.2, 0.25) is 0 Å². The Balaban J connectivity index is 1.37. The summed E-state index contributed by atoms with van der Waals surface area (Å²) in [5.41, 5.74) is 5.07. The Labute approximate surface area is 233 Å². The van der Waals surface area contributed by atoms with Crippen LogP contribution in [0.15, 0.2) is 115 Å². The molecule has 5 rings (SSSR count). The van der Waals surface area contributed by atoms with Crippen molar-refractivity contribution in [3.63, 3.8) is 0 Å². The minimum absolute atomic E-state index is 0.00230. The lowest BCUT2D eigenvalue weighted by Crippen LogP contribution is -2.09. The predicted molar refractivity (Wildman–Crippen MR) is 154 cm³/mol. The Kier molecular flexibility index (Phi) is 8.37. The summed E-state index contributed by atoms with van der Waals surface area (Å²) in [6, 6.07) is 36.6. The molecule has 0 fully saturated rings. The quantitative estimate of drug-likeness (QED) is 0.194. The minimum Gasteiger partial charge on any atom is -0.497 e. The van der Waals surface area contributed by atoms with Gasteiger partial charge in [0, 0.05) is 5.56 Å². The van der Waals surface area contributed by atoms with Gasteiger partial charge in [-0.25, -0.2) is 9.78 Å². The number of carbonyl (C=O) groups is 1. The first kappa shape index (κ1) is 26.5. The number of ether oxygens (including phenoxy) is 3. The van der Waals surface area contributed by atoms with E-state index in [1.807, 2.05) is 91.0 Å². The van der Waals surface area contributed by atoms with Crippen LogP contribution in [0.3, 0.4) is 0 Å². The van der Waals surface area contributed by atoms with E-state index in [0.717, 1.165) is 17.5 Å². The van der Waals surface area contributed by atoms with Crippen molar-refractivity contribution >= 4 is 5.97 Å². The van der Waals surface area contributed by atoms with Gasteiger partial charge in [0.15, 0.2) is 0 Å². The number of methoxy groups -OCH3 is 1. The summed E-state index contributed by atoms with van der Waals surface area (Å²) in [5.74, 6) is 0.816. The molecule has 1 aromatic heterocycles. The van der Waals surface area contributed by atoms with E-state index in [0.29, 0.717) is 40.8 Å². The lowest BCUT2D eigenvalue weighted by atomic mass is 10.1. The fourth-order valence-electron chi connectivity index (χ4n) is 4.34. The molecule has 6 heteroatoms. The van der Waals surface area contributed by atoms with Gasteiger partial charge in [-0.05, 0) is 65.6 Å². The summed E-state index contributed by atoms with van der Waals surface area (Å²) in [4.78, 5) is 16.7. The number of aromatic nitrogens is 1. The number of aromatic carboxylic acids is 1. The molecule has 40 heavy (non-hydrogen) atoms. The van der Waals surface area contributed by atoms with Crippen molar-refractivity contribution in [1.82, 2.24) is 4.98 Å². The summed E-state index contributed by atoms with van der Waals surface area (Å²) < 4.78 is 17.5. The van der Waals surface area contributed by atoms with Crippen molar-refractivity contribution in [2.24, 2.45) is 0 Å². The van der Waals surface area contributed by atoms with Gasteiger partial charge in [-0.2, -0.15) is 0 Å². The van der Waals surface area contributed by atoms with Gasteiger partial charge in [-0.1, -0.05) is 72.8 Å². The van der Waals surface area contributed by atoms with Crippen LogP contribution >= 0.6 is 0 Å². The first-order chi connectivity index (χ1) is 19.6. The largest absolute Gasteiger partial charge is 0.497 e. The standard InChI is InChI=1S/C34H29NO5/c1-38-28-16-19-33(40-22-26-10-6-3-7-11-26)30(21-28)31-18-17-29(34(36)37)32(35-31)23-39-27-14-12-25(13-15-27)20-24-8-4-2-5-9-24/h2-19,21H,20,22-23H2,1H3,(H,36,37). The van der Waals surface area contributed by atoms with Gasteiger partial charge in [-0.3, -0.25) is 0 Å². The molecule has 1 heterocycles. The SMILES string of the molecule is COc1ccc(OCc2ccccc2)c(-c2ccc(C(=O)O)c(COc3ccc(Cc4ccccc4)cc3)n2)c1. The summed E-state index contributed by atoms with van der Waals surface area (Å²) >= 11 is 0. The Morgan fingerprint density at radius 1 is 0.700 bits per heavy atom. The maximum Gasteiger partial charge on any atom is 0.337 e. The van der Waals surface area contributed by atoms with E-state index in [-0.39, 0.29) is 12.2 Å². The second-order valence-corrected chi connectivity index (χ2v) is 9.23. The fourth-order valence-corrected chi connectivity index (χ4v) is 4.34. The van der Waals surface area contributed by atoms with Crippen LogP contribution in [0.1, 0.15) is 32.7 Å². The van der Waals surface area contributed by atoms with Gasteiger partial charge in [0.1, 0.15) is 30.5 Å². The van der Waals surface area contributed by atoms with Gasteiger partial charge < -0.3 is 19.3 Å². The molecule has 0 bridgehead atoms. The molecule has 0 unspecified atom stereocenters. The number of carboxylic acid groups (broad SMARTS) is 1. The number of nitrogens with zero attached hydrogens (tertiary/aromatic N) is 1. The normalized spacial score (nSPS) is 10.6. The van der Waals surface area contributed by atoms with Crippen molar-refractivity contribution in [2.75, 3.05) is 7.11 Å². The highest BCUT2D eigenvalue weighted by atomic mass is 16.5. The Bertz CT molecular complexity index is 1570. The zero-order chi connectivity index (χ0) is 27.7. The molecule has 1 N–H and O–H groups in total. The van der Waals surface area contributed by atoms with Crippen molar-refractivity contribution < 1.29 is 24.1 Å². The molecule has 0 saturated heterocycles. The van der Waals surface area contributed by atoms with E-state index >= 15 is 0 Å². The van der Waals surface area contributed by atoms with Crippen molar-refractivity contribution in [3.8, 4) is 28.5 Å². The van der Waals surface area contributed by atoms with E-state index in [1.165, 1.54) is 5.56 Å². The maximum absolute atomic E-state index is 12.0. The van der Waals surface area contributed by atoms with Crippen molar-refractivity contribution in [3.05, 3.63) is 143 Å². The molecule has 0 aliphatic heterocycles. The predicted octanol–water partition coefficient (Wildman–Crippen LogP) is 7.20. The number of benzene rings is 4. The zero-order valence-corrected chi connectivity index (χ0v) is 22.1. The maximum atomic E-state index is 12.0. The summed E-state index contributed by atoms with van der Waals surface area (Å²) in [7, 11) is 1.59. The van der Waals surface area contributed by atoms with Gasteiger partial charge >= 0.3 is 5.97 Å². The number of carboxylic acids is 1. The number of pyridine rings is 1. The molecule has 6 nitrogen and oxygen atoms in total. The Morgan fingerprint density at radius 3 is 2.02 bits per heavy atom. The van der Waals surface area contributed by atoms with Crippen LogP contribution in [0.25, 0.3) is 11.3 Å². The van der Waals surface area contributed by atoms with Crippen LogP contribution < -0.4 is 14.2 Å². The second kappa shape index (κ2) is 12.6. The molecule has 0 amide bonds. The lowest BCUT2D eigenvalue weighted by Gasteiger charge is -2.15. The van der Waals surface area contributed by atoms with Crippen molar-refractivity contribution in [2.45, 2.75) is 19.6 Å². The smallest absolute Gasteiger partial charge is 0.337 e. The second-order valence-electron chi connectivity index (χ2n) is 9.23. The molecule has 0 aliphatic carbocycles. The summed E-state index contributed by atoms with van der Waals surface area (Å²) in [6.07, 6.45) is 0.823. The Hall–Kier alpha value is -5.10. The third-order valence-electron chi connectivity index (χ3n) is 6.45. The highest BCUT2D eigenvalue weighted by Crippen LogP contribution is 2.34. The lowest BCUT2D eigenvalue weighted by molar-refractivity contribution is 0.0693. The van der Waals surface area contributed by atoms with Gasteiger partial charge in [0.2, 0.25) is 0 Å². The number of hydrogen-bond donors (Lipinski definition) is 1. The Morgan fingerprint density at radius 2 is 1.35 bits per heavy atom. The number of rotatable bonds is 11. The highest BCUT2D eigenvalue weighted by molar-refractivity contribution is 5.89. The molecule has 0 spiro atoms.